The van der Waals surface area contributed by atoms with Crippen molar-refractivity contribution in [1.29, 1.82) is 0 Å². The van der Waals surface area contributed by atoms with Crippen LogP contribution in [0.1, 0.15) is 37.6 Å². The number of carbonyl (C=O) groups is 3. The average molecular weight is 336 g/mol. The molecule has 0 aliphatic rings. The lowest BCUT2D eigenvalue weighted by Crippen LogP contribution is -2.54. The number of carbonyl (C=O) groups excluding carboxylic acids is 2. The molecule has 3 unspecified atom stereocenters. The van der Waals surface area contributed by atoms with Crippen molar-refractivity contribution >= 4 is 17.8 Å². The summed E-state index contributed by atoms with van der Waals surface area (Å²) < 4.78 is 0. The minimum Gasteiger partial charge on any atom is -0.479 e. The highest BCUT2D eigenvalue weighted by Crippen LogP contribution is 2.10. The van der Waals surface area contributed by atoms with Crippen LogP contribution in [-0.2, 0) is 9.59 Å². The van der Waals surface area contributed by atoms with E-state index in [-0.39, 0.29) is 11.8 Å². The van der Waals surface area contributed by atoms with E-state index in [2.05, 4.69) is 10.6 Å². The Labute approximate surface area is 141 Å². The number of rotatable bonds is 8. The number of amides is 2. The molecule has 7 heteroatoms. The Hall–Kier alpha value is -2.41. The van der Waals surface area contributed by atoms with Gasteiger partial charge in [0, 0.05) is 5.56 Å². The lowest BCUT2D eigenvalue weighted by atomic mass is 9.97. The summed E-state index contributed by atoms with van der Waals surface area (Å²) in [5, 5.41) is 23.6. The normalized spacial score (nSPS) is 15.7. The van der Waals surface area contributed by atoms with Gasteiger partial charge >= 0.3 is 5.97 Å². The van der Waals surface area contributed by atoms with Gasteiger partial charge in [0.2, 0.25) is 5.91 Å². The van der Waals surface area contributed by atoms with Crippen molar-refractivity contribution < 1.29 is 24.6 Å². The van der Waals surface area contributed by atoms with E-state index in [0.29, 0.717) is 12.0 Å². The number of benzene rings is 1. The number of carboxylic acid groups (broad SMARTS) is 1. The number of hydrogen-bond acceptors (Lipinski definition) is 4. The van der Waals surface area contributed by atoms with Gasteiger partial charge < -0.3 is 20.8 Å². The van der Waals surface area contributed by atoms with Crippen LogP contribution in [0.4, 0.5) is 0 Å². The summed E-state index contributed by atoms with van der Waals surface area (Å²) >= 11 is 0. The molecule has 0 aliphatic heterocycles. The predicted molar refractivity (Wildman–Crippen MR) is 88.4 cm³/mol. The predicted octanol–water partition coefficient (Wildman–Crippen LogP) is 0.783. The zero-order chi connectivity index (χ0) is 18.3. The van der Waals surface area contributed by atoms with E-state index in [1.807, 2.05) is 13.8 Å². The van der Waals surface area contributed by atoms with Crippen molar-refractivity contribution in [1.82, 2.24) is 10.6 Å². The molecule has 0 spiro atoms. The minimum absolute atomic E-state index is 0.160. The largest absolute Gasteiger partial charge is 0.479 e. The van der Waals surface area contributed by atoms with E-state index in [0.717, 1.165) is 6.92 Å². The second-order valence-corrected chi connectivity index (χ2v) is 6.00. The maximum Gasteiger partial charge on any atom is 0.337 e. The van der Waals surface area contributed by atoms with Crippen LogP contribution in [0.2, 0.25) is 0 Å². The molecule has 7 nitrogen and oxygen atoms in total. The first-order valence-electron chi connectivity index (χ1n) is 7.78. The summed E-state index contributed by atoms with van der Waals surface area (Å²) in [6.45, 7) is 4.34. The summed E-state index contributed by atoms with van der Waals surface area (Å²) in [6, 6.07) is 7.66. The van der Waals surface area contributed by atoms with Crippen LogP contribution >= 0.6 is 0 Å². The molecule has 1 aromatic rings. The molecule has 3 atom stereocenters. The van der Waals surface area contributed by atoms with Gasteiger partial charge in [-0.1, -0.05) is 38.5 Å². The smallest absolute Gasteiger partial charge is 0.337 e. The van der Waals surface area contributed by atoms with E-state index in [4.69, 9.17) is 5.11 Å². The van der Waals surface area contributed by atoms with Gasteiger partial charge in [0.1, 0.15) is 6.04 Å². The molecule has 0 saturated carbocycles. The summed E-state index contributed by atoms with van der Waals surface area (Å²) in [5.74, 6) is -2.51. The van der Waals surface area contributed by atoms with Gasteiger partial charge in [-0.3, -0.25) is 9.59 Å². The van der Waals surface area contributed by atoms with Crippen molar-refractivity contribution in [2.45, 2.75) is 38.8 Å². The number of nitrogens with one attached hydrogen (secondary N) is 2. The molecule has 0 aliphatic carbocycles. The second kappa shape index (κ2) is 8.44. The van der Waals surface area contributed by atoms with Crippen molar-refractivity contribution in [2.75, 3.05) is 6.54 Å². The standard InChI is InChI=1S/C17H24N2O5/c1-4-11(2)13(15(21)18-10-17(3,24)16(22)23)19-14(20)12-8-6-5-7-9-12/h5-9,11,13,24H,4,10H2,1-3H3,(H,18,21)(H,19,20)(H,22,23). The number of carboxylic acids is 1. The molecular weight excluding hydrogens is 312 g/mol. The van der Waals surface area contributed by atoms with Gasteiger partial charge in [-0.05, 0) is 25.0 Å². The highest BCUT2D eigenvalue weighted by molar-refractivity contribution is 5.97. The Morgan fingerprint density at radius 1 is 1.21 bits per heavy atom. The Balaban J connectivity index is 2.80. The van der Waals surface area contributed by atoms with Crippen LogP contribution in [0.3, 0.4) is 0 Å². The monoisotopic (exact) mass is 336 g/mol. The molecule has 0 bridgehead atoms. The van der Waals surface area contributed by atoms with Crippen molar-refractivity contribution in [3.63, 3.8) is 0 Å². The Bertz CT molecular complexity index is 586. The molecule has 24 heavy (non-hydrogen) atoms. The van der Waals surface area contributed by atoms with Crippen molar-refractivity contribution in [2.24, 2.45) is 5.92 Å². The van der Waals surface area contributed by atoms with E-state index >= 15 is 0 Å². The van der Waals surface area contributed by atoms with Crippen LogP contribution in [0.25, 0.3) is 0 Å². The molecule has 0 aromatic heterocycles. The van der Waals surface area contributed by atoms with Gasteiger partial charge in [0.15, 0.2) is 5.60 Å². The summed E-state index contributed by atoms with van der Waals surface area (Å²) in [6.07, 6.45) is 0.641. The van der Waals surface area contributed by atoms with Crippen LogP contribution in [0, 0.1) is 5.92 Å². The van der Waals surface area contributed by atoms with E-state index in [1.54, 1.807) is 30.3 Å². The van der Waals surface area contributed by atoms with Crippen LogP contribution in [0.15, 0.2) is 30.3 Å². The fourth-order valence-electron chi connectivity index (χ4n) is 1.96. The molecule has 0 heterocycles. The topological polar surface area (TPSA) is 116 Å². The summed E-state index contributed by atoms with van der Waals surface area (Å²) in [4.78, 5) is 35.5. The first kappa shape index (κ1) is 19.6. The molecule has 4 N–H and O–H groups in total. The van der Waals surface area contributed by atoms with Gasteiger partial charge in [-0.15, -0.1) is 0 Å². The third-order valence-corrected chi connectivity index (χ3v) is 3.89. The maximum absolute atomic E-state index is 12.3. The van der Waals surface area contributed by atoms with Gasteiger partial charge in [0.05, 0.1) is 6.54 Å². The highest BCUT2D eigenvalue weighted by Gasteiger charge is 2.33. The van der Waals surface area contributed by atoms with Crippen LogP contribution < -0.4 is 10.6 Å². The molecule has 1 rings (SSSR count). The lowest BCUT2D eigenvalue weighted by Gasteiger charge is -2.25. The van der Waals surface area contributed by atoms with Gasteiger partial charge in [-0.2, -0.15) is 0 Å². The summed E-state index contributed by atoms with van der Waals surface area (Å²) in [7, 11) is 0. The molecule has 0 saturated heterocycles. The minimum atomic E-state index is -2.07. The molecule has 2 amide bonds. The Morgan fingerprint density at radius 2 is 1.79 bits per heavy atom. The zero-order valence-electron chi connectivity index (χ0n) is 14.1. The van der Waals surface area contributed by atoms with E-state index < -0.39 is 30.1 Å². The zero-order valence-corrected chi connectivity index (χ0v) is 14.1. The quantitative estimate of drug-likeness (QED) is 0.560. The fraction of sp³-hybridized carbons (Fsp3) is 0.471. The SMILES string of the molecule is CCC(C)C(NC(=O)c1ccccc1)C(=O)NCC(C)(O)C(=O)O. The molecule has 1 aromatic carbocycles. The van der Waals surface area contributed by atoms with Crippen LogP contribution in [0.5, 0.6) is 0 Å². The van der Waals surface area contributed by atoms with Gasteiger partial charge in [0.25, 0.3) is 5.91 Å². The Kier molecular flexibility index (Phi) is 6.91. The van der Waals surface area contributed by atoms with Crippen molar-refractivity contribution in [3.8, 4) is 0 Å². The molecule has 0 radical (unpaired) electrons. The first-order chi connectivity index (χ1) is 11.2. The van der Waals surface area contributed by atoms with Gasteiger partial charge in [-0.25, -0.2) is 4.79 Å². The Morgan fingerprint density at radius 3 is 2.29 bits per heavy atom. The maximum atomic E-state index is 12.3. The number of aliphatic hydroxyl groups is 1. The first-order valence-corrected chi connectivity index (χ1v) is 7.78. The van der Waals surface area contributed by atoms with E-state index in [1.165, 1.54) is 0 Å². The second-order valence-electron chi connectivity index (χ2n) is 6.00. The fourth-order valence-corrected chi connectivity index (χ4v) is 1.96. The lowest BCUT2D eigenvalue weighted by molar-refractivity contribution is -0.156. The molecule has 0 fully saturated rings. The van der Waals surface area contributed by atoms with Crippen LogP contribution in [-0.4, -0.2) is 46.2 Å². The highest BCUT2D eigenvalue weighted by atomic mass is 16.4. The summed E-state index contributed by atoms with van der Waals surface area (Å²) in [5.41, 5.74) is -1.64. The number of aliphatic carboxylic acids is 1. The van der Waals surface area contributed by atoms with E-state index in [9.17, 15) is 19.5 Å². The van der Waals surface area contributed by atoms with Crippen molar-refractivity contribution in [3.05, 3.63) is 35.9 Å². The number of hydrogen-bond donors (Lipinski definition) is 4. The average Bonchev–Trinajstić information content (AvgIpc) is 2.57. The third-order valence-electron chi connectivity index (χ3n) is 3.89. The molecular formula is C17H24N2O5. The molecule has 132 valence electrons. The third kappa shape index (κ3) is 5.34.